The molecular weight excluding hydrogens is 259 g/mol. The molecule has 0 bridgehead atoms. The van der Waals surface area contributed by atoms with Crippen molar-refractivity contribution in [3.63, 3.8) is 0 Å². The van der Waals surface area contributed by atoms with Crippen molar-refractivity contribution in [2.24, 2.45) is 0 Å². The topological polar surface area (TPSA) is 69.6 Å². The van der Waals surface area contributed by atoms with Gasteiger partial charge in [0.25, 0.3) is 0 Å². The van der Waals surface area contributed by atoms with E-state index in [1.807, 2.05) is 0 Å². The molecule has 102 valence electrons. The molecule has 0 fully saturated rings. The lowest BCUT2D eigenvalue weighted by molar-refractivity contribution is -0.254. The Labute approximate surface area is 103 Å². The molecule has 0 aromatic heterocycles. The summed E-state index contributed by atoms with van der Waals surface area (Å²) in [6, 6.07) is -0.948. The minimum atomic E-state index is -4.73. The molecule has 0 radical (unpaired) electrons. The van der Waals surface area contributed by atoms with Gasteiger partial charge in [-0.1, -0.05) is 0 Å². The quantitative estimate of drug-likeness (QED) is 0.524. The van der Waals surface area contributed by atoms with Crippen LogP contribution in [0.3, 0.4) is 0 Å². The van der Waals surface area contributed by atoms with Gasteiger partial charge in [-0.2, -0.15) is 25.8 Å². The van der Waals surface area contributed by atoms with Crippen LogP contribution < -0.4 is 5.32 Å². The van der Waals surface area contributed by atoms with E-state index in [1.165, 1.54) is 0 Å². The van der Waals surface area contributed by atoms with Crippen molar-refractivity contribution in [1.82, 2.24) is 5.32 Å². The van der Waals surface area contributed by atoms with Crippen LogP contribution in [0, 0.1) is 0 Å². The van der Waals surface area contributed by atoms with Crippen LogP contribution in [-0.4, -0.2) is 46.3 Å². The summed E-state index contributed by atoms with van der Waals surface area (Å²) in [6.45, 7) is 0.417. The highest BCUT2D eigenvalue weighted by atomic mass is 32.1. The van der Waals surface area contributed by atoms with E-state index >= 15 is 0 Å². The van der Waals surface area contributed by atoms with Crippen molar-refractivity contribution < 1.29 is 28.2 Å². The summed E-state index contributed by atoms with van der Waals surface area (Å²) in [5.41, 5.74) is -2.82. The predicted octanol–water partition coefficient (Wildman–Crippen LogP) is 1.05. The van der Waals surface area contributed by atoms with Crippen LogP contribution in [0.1, 0.15) is 19.8 Å². The first kappa shape index (κ1) is 16.5. The Balaban J connectivity index is 4.17. The maximum absolute atomic E-state index is 12.3. The summed E-state index contributed by atoms with van der Waals surface area (Å²) >= 11 is 3.85. The molecule has 17 heavy (non-hydrogen) atoms. The van der Waals surface area contributed by atoms with Crippen LogP contribution in [-0.2, 0) is 4.79 Å². The lowest BCUT2D eigenvalue weighted by Crippen LogP contribution is -2.46. The van der Waals surface area contributed by atoms with Crippen LogP contribution in [0.15, 0.2) is 0 Å². The van der Waals surface area contributed by atoms with Crippen LogP contribution in [0.4, 0.5) is 13.2 Å². The van der Waals surface area contributed by atoms with Gasteiger partial charge in [-0.3, -0.25) is 4.79 Å². The lowest BCUT2D eigenvalue weighted by atomic mass is 10.0. The molecule has 0 aliphatic rings. The fourth-order valence-corrected chi connectivity index (χ4v) is 1.33. The standard InChI is InChI=1S/C9H16F3NO3S/c1-8(16,9(10,11)12)3-4-13-6(2-5-17)7(14)15/h6,13,16-17H,2-5H2,1H3,(H,14,15)/t6-,8?/m0/s1. The number of nitrogens with one attached hydrogen (secondary N) is 1. The lowest BCUT2D eigenvalue weighted by Gasteiger charge is -2.26. The number of alkyl halides is 3. The molecule has 0 rings (SSSR count). The minimum Gasteiger partial charge on any atom is -0.480 e. The van der Waals surface area contributed by atoms with Crippen LogP contribution in [0.5, 0.6) is 0 Å². The van der Waals surface area contributed by atoms with Crippen molar-refractivity contribution in [3.05, 3.63) is 0 Å². The molecule has 8 heteroatoms. The van der Waals surface area contributed by atoms with Crippen molar-refractivity contribution in [3.8, 4) is 0 Å². The summed E-state index contributed by atoms with van der Waals surface area (Å²) in [4.78, 5) is 10.7. The maximum atomic E-state index is 12.3. The van der Waals surface area contributed by atoms with Gasteiger partial charge in [0.15, 0.2) is 5.60 Å². The molecular formula is C9H16F3NO3S. The highest BCUT2D eigenvalue weighted by molar-refractivity contribution is 7.80. The van der Waals surface area contributed by atoms with E-state index < -0.39 is 30.2 Å². The highest BCUT2D eigenvalue weighted by Crippen LogP contribution is 2.32. The summed E-state index contributed by atoms with van der Waals surface area (Å²) < 4.78 is 36.8. The van der Waals surface area contributed by atoms with Gasteiger partial charge >= 0.3 is 12.1 Å². The summed E-state index contributed by atoms with van der Waals surface area (Å²) in [5.74, 6) is -0.842. The SMILES string of the molecule is CC(O)(CCN[C@@H](CCS)C(=O)O)C(F)(F)F. The van der Waals surface area contributed by atoms with Gasteiger partial charge in [0.1, 0.15) is 6.04 Å². The fourth-order valence-electron chi connectivity index (χ4n) is 1.07. The molecule has 1 unspecified atom stereocenters. The van der Waals surface area contributed by atoms with Crippen LogP contribution in [0.25, 0.3) is 0 Å². The second-order valence-corrected chi connectivity index (χ2v) is 4.33. The van der Waals surface area contributed by atoms with Gasteiger partial charge in [0.2, 0.25) is 0 Å². The third kappa shape index (κ3) is 5.60. The first-order valence-electron chi connectivity index (χ1n) is 4.98. The first-order chi connectivity index (χ1) is 7.62. The zero-order valence-corrected chi connectivity index (χ0v) is 10.2. The zero-order chi connectivity index (χ0) is 13.7. The number of rotatable bonds is 7. The second-order valence-electron chi connectivity index (χ2n) is 3.88. The number of carbonyl (C=O) groups is 1. The van der Waals surface area contributed by atoms with Gasteiger partial charge in [0.05, 0.1) is 0 Å². The smallest absolute Gasteiger partial charge is 0.416 e. The van der Waals surface area contributed by atoms with E-state index in [0.717, 1.165) is 0 Å². The zero-order valence-electron chi connectivity index (χ0n) is 9.29. The third-order valence-electron chi connectivity index (χ3n) is 2.33. The first-order valence-corrected chi connectivity index (χ1v) is 5.61. The molecule has 4 nitrogen and oxygen atoms in total. The van der Waals surface area contributed by atoms with Crippen molar-refractivity contribution in [2.75, 3.05) is 12.3 Å². The number of aliphatic hydroxyl groups is 1. The maximum Gasteiger partial charge on any atom is 0.416 e. The Morgan fingerprint density at radius 1 is 1.47 bits per heavy atom. The van der Waals surface area contributed by atoms with Crippen molar-refractivity contribution >= 4 is 18.6 Å². The van der Waals surface area contributed by atoms with E-state index in [-0.39, 0.29) is 13.0 Å². The normalized spacial score (nSPS) is 17.5. The number of hydrogen-bond donors (Lipinski definition) is 4. The van der Waals surface area contributed by atoms with Gasteiger partial charge in [-0.15, -0.1) is 0 Å². The summed E-state index contributed by atoms with van der Waals surface area (Å²) in [5, 5.41) is 20.3. The van der Waals surface area contributed by atoms with Crippen LogP contribution in [0.2, 0.25) is 0 Å². The number of hydrogen-bond acceptors (Lipinski definition) is 4. The average Bonchev–Trinajstić information content (AvgIpc) is 2.14. The highest BCUT2D eigenvalue weighted by Gasteiger charge is 2.49. The molecule has 3 N–H and O–H groups in total. The Morgan fingerprint density at radius 2 is 2.00 bits per heavy atom. The van der Waals surface area contributed by atoms with Crippen molar-refractivity contribution in [2.45, 2.75) is 37.6 Å². The van der Waals surface area contributed by atoms with Gasteiger partial charge in [-0.05, 0) is 32.1 Å². The third-order valence-corrected chi connectivity index (χ3v) is 2.59. The number of carboxylic acids is 1. The van der Waals surface area contributed by atoms with E-state index in [4.69, 9.17) is 10.2 Å². The molecule has 0 saturated carbocycles. The van der Waals surface area contributed by atoms with Gasteiger partial charge in [-0.25, -0.2) is 0 Å². The van der Waals surface area contributed by atoms with E-state index in [9.17, 15) is 18.0 Å². The summed E-state index contributed by atoms with van der Waals surface area (Å²) in [7, 11) is 0. The number of carboxylic acid groups (broad SMARTS) is 1. The van der Waals surface area contributed by atoms with E-state index in [0.29, 0.717) is 12.7 Å². The number of aliphatic carboxylic acids is 1. The van der Waals surface area contributed by atoms with Crippen LogP contribution >= 0.6 is 12.6 Å². The molecule has 0 saturated heterocycles. The molecule has 0 aromatic carbocycles. The molecule has 0 amide bonds. The molecule has 2 atom stereocenters. The largest absolute Gasteiger partial charge is 0.480 e. The summed E-state index contributed by atoms with van der Waals surface area (Å²) in [6.07, 6.45) is -5.13. The predicted molar refractivity (Wildman–Crippen MR) is 59.2 cm³/mol. The monoisotopic (exact) mass is 275 g/mol. The second kappa shape index (κ2) is 6.46. The molecule has 0 aliphatic heterocycles. The van der Waals surface area contributed by atoms with E-state index in [1.54, 1.807) is 0 Å². The number of halogens is 3. The average molecular weight is 275 g/mol. The minimum absolute atomic E-state index is 0.201. The van der Waals surface area contributed by atoms with Gasteiger partial charge < -0.3 is 15.5 Å². The molecule has 0 aliphatic carbocycles. The Kier molecular flexibility index (Phi) is 6.28. The van der Waals surface area contributed by atoms with Gasteiger partial charge in [0, 0.05) is 0 Å². The Morgan fingerprint density at radius 3 is 2.35 bits per heavy atom. The fraction of sp³-hybridized carbons (Fsp3) is 0.889. The Bertz CT molecular complexity index is 258. The molecule has 0 heterocycles. The molecule has 0 spiro atoms. The van der Waals surface area contributed by atoms with E-state index in [2.05, 4.69) is 17.9 Å². The number of thiol groups is 1. The van der Waals surface area contributed by atoms with Crippen molar-refractivity contribution in [1.29, 1.82) is 0 Å². The molecule has 0 aromatic rings. The Hall–Kier alpha value is -0.470.